The Morgan fingerprint density at radius 2 is 1.87 bits per heavy atom. The highest BCUT2D eigenvalue weighted by Gasteiger charge is 2.63. The Morgan fingerprint density at radius 1 is 1.23 bits per heavy atom. The summed E-state index contributed by atoms with van der Waals surface area (Å²) in [7, 11) is -4.28. The molecule has 14 heteroatoms. The predicted molar refractivity (Wildman–Crippen MR) is 136 cm³/mol. The number of carbonyl (C=O) groups is 1. The molecule has 39 heavy (non-hydrogen) atoms. The summed E-state index contributed by atoms with van der Waals surface area (Å²) in [5.74, 6) is -1.46. The van der Waals surface area contributed by atoms with Gasteiger partial charge in [0.2, 0.25) is 5.67 Å². The number of nitrogens with one attached hydrogen (secondary N) is 1. The fraction of sp³-hybridized carbons (Fsp3) is 0.560. The molecule has 2 heterocycles. The molecule has 1 unspecified atom stereocenters. The number of carbonyl (C=O) groups excluding carboxylic acids is 1. The van der Waals surface area contributed by atoms with Crippen LogP contribution < -0.4 is 15.8 Å². The standard InChI is InChI=1S/C25H33F2N2O9P/c1-15(2)35-21(32)16(3)13-39(34,37-17-9-7-6-8-10-17)38-24(4,5)20-19(31)25(27,14-26)22(36-20)29-12-11-18(30)28-23(29)33/h6-12,15-16,19-20,22,31H,13-14H2,1-5H3,(H,28,30,33)/t16-,19+,20+,22-,25?,39-/m1/s1. The molecular weight excluding hydrogens is 541 g/mol. The van der Waals surface area contributed by atoms with Crippen LogP contribution >= 0.6 is 7.60 Å². The van der Waals surface area contributed by atoms with Crippen LogP contribution in [0.25, 0.3) is 0 Å². The van der Waals surface area contributed by atoms with Gasteiger partial charge in [0.15, 0.2) is 6.23 Å². The number of hydrogen-bond donors (Lipinski definition) is 2. The van der Waals surface area contributed by atoms with Crippen molar-refractivity contribution in [1.82, 2.24) is 9.55 Å². The van der Waals surface area contributed by atoms with Gasteiger partial charge in [0.1, 0.15) is 30.2 Å². The van der Waals surface area contributed by atoms with Crippen LogP contribution in [-0.4, -0.2) is 63.0 Å². The summed E-state index contributed by atoms with van der Waals surface area (Å²) in [5, 5.41) is 10.9. The van der Waals surface area contributed by atoms with Gasteiger partial charge in [-0.15, -0.1) is 0 Å². The Labute approximate surface area is 223 Å². The molecule has 1 aromatic heterocycles. The van der Waals surface area contributed by atoms with Crippen LogP contribution in [0.3, 0.4) is 0 Å². The highest BCUT2D eigenvalue weighted by molar-refractivity contribution is 7.54. The fourth-order valence-corrected chi connectivity index (χ4v) is 6.50. The van der Waals surface area contributed by atoms with Crippen LogP contribution in [0.2, 0.25) is 0 Å². The minimum atomic E-state index is -4.28. The van der Waals surface area contributed by atoms with Crippen molar-refractivity contribution >= 4 is 13.6 Å². The Balaban J connectivity index is 1.96. The number of hydrogen-bond acceptors (Lipinski definition) is 9. The first-order chi connectivity index (χ1) is 18.1. The van der Waals surface area contributed by atoms with E-state index in [0.29, 0.717) is 4.57 Å². The van der Waals surface area contributed by atoms with E-state index in [2.05, 4.69) is 0 Å². The Hall–Kier alpha value is -2.86. The first kappa shape index (κ1) is 30.7. The average molecular weight is 575 g/mol. The number of alkyl halides is 2. The Morgan fingerprint density at radius 3 is 2.44 bits per heavy atom. The molecule has 1 aliphatic rings. The van der Waals surface area contributed by atoms with Gasteiger partial charge >= 0.3 is 19.3 Å². The summed E-state index contributed by atoms with van der Waals surface area (Å²) in [6.07, 6.45) is -5.84. The number of aliphatic hydroxyl groups excluding tert-OH is 1. The van der Waals surface area contributed by atoms with Crippen molar-refractivity contribution in [3.05, 3.63) is 63.4 Å². The van der Waals surface area contributed by atoms with Gasteiger partial charge in [-0.3, -0.25) is 23.7 Å². The Kier molecular flexibility index (Phi) is 9.21. The minimum absolute atomic E-state index is 0.148. The van der Waals surface area contributed by atoms with Crippen molar-refractivity contribution in [2.75, 3.05) is 12.8 Å². The highest BCUT2D eigenvalue weighted by Crippen LogP contribution is 2.56. The van der Waals surface area contributed by atoms with Crippen molar-refractivity contribution in [3.63, 3.8) is 0 Å². The van der Waals surface area contributed by atoms with Crippen molar-refractivity contribution < 1.29 is 41.8 Å². The number of halogens is 2. The van der Waals surface area contributed by atoms with Gasteiger partial charge in [0.05, 0.1) is 18.2 Å². The molecule has 11 nitrogen and oxygen atoms in total. The predicted octanol–water partition coefficient (Wildman–Crippen LogP) is 3.13. The summed E-state index contributed by atoms with van der Waals surface area (Å²) in [4.78, 5) is 38.1. The lowest BCUT2D eigenvalue weighted by Crippen LogP contribution is -2.51. The SMILES string of the molecule is CC(C)OC(=O)[C@H](C)C[P@@](=O)(Oc1ccccc1)OC(C)(C)[C@H]1O[C@@H](n2ccc(=O)[nH]c2=O)C(F)(CF)[C@H]1O. The monoisotopic (exact) mass is 574 g/mol. The van der Waals surface area contributed by atoms with Gasteiger partial charge in [-0.1, -0.05) is 25.1 Å². The largest absolute Gasteiger partial charge is 0.463 e. The summed E-state index contributed by atoms with van der Waals surface area (Å²) in [6, 6.07) is 8.87. The number of nitrogens with zero attached hydrogens (tertiary/aromatic N) is 1. The maximum atomic E-state index is 15.8. The number of benzene rings is 1. The molecule has 0 saturated carbocycles. The molecule has 1 saturated heterocycles. The van der Waals surface area contributed by atoms with Crippen LogP contribution in [0.4, 0.5) is 8.78 Å². The van der Waals surface area contributed by atoms with Gasteiger partial charge in [-0.05, 0) is 39.8 Å². The zero-order valence-corrected chi connectivity index (χ0v) is 23.1. The summed E-state index contributed by atoms with van der Waals surface area (Å²) >= 11 is 0. The molecule has 0 aliphatic carbocycles. The topological polar surface area (TPSA) is 146 Å². The number of rotatable bonds is 11. The third-order valence-corrected chi connectivity index (χ3v) is 8.30. The number of aliphatic hydroxyl groups is 1. The molecule has 0 amide bonds. The van der Waals surface area contributed by atoms with Crippen LogP contribution in [0.5, 0.6) is 5.75 Å². The van der Waals surface area contributed by atoms with E-state index in [4.69, 9.17) is 18.5 Å². The zero-order valence-electron chi connectivity index (χ0n) is 22.2. The number of aromatic amines is 1. The van der Waals surface area contributed by atoms with E-state index < -0.39 is 79.4 Å². The molecule has 2 aromatic rings. The fourth-order valence-electron chi connectivity index (χ4n) is 4.23. The van der Waals surface area contributed by atoms with E-state index in [1.165, 1.54) is 32.9 Å². The summed E-state index contributed by atoms with van der Waals surface area (Å²) in [5.41, 5.74) is -6.82. The van der Waals surface area contributed by atoms with Crippen LogP contribution in [-0.2, 0) is 23.4 Å². The van der Waals surface area contributed by atoms with Crippen LogP contribution in [0.15, 0.2) is 52.2 Å². The number of esters is 1. The van der Waals surface area contributed by atoms with E-state index in [0.717, 1.165) is 12.3 Å². The molecule has 0 bridgehead atoms. The zero-order chi connectivity index (χ0) is 29.2. The van der Waals surface area contributed by atoms with Gasteiger partial charge < -0.3 is 19.1 Å². The molecule has 1 aliphatic heterocycles. The van der Waals surface area contributed by atoms with Crippen molar-refractivity contribution in [1.29, 1.82) is 0 Å². The van der Waals surface area contributed by atoms with Crippen LogP contribution in [0.1, 0.15) is 40.8 Å². The number of ether oxygens (including phenoxy) is 2. The first-order valence-electron chi connectivity index (χ1n) is 12.3. The second-order valence-corrected chi connectivity index (χ2v) is 12.2. The second kappa shape index (κ2) is 11.7. The number of H-pyrrole nitrogens is 1. The third kappa shape index (κ3) is 6.84. The lowest BCUT2D eigenvalue weighted by Gasteiger charge is -2.36. The third-order valence-electron chi connectivity index (χ3n) is 6.07. The van der Waals surface area contributed by atoms with E-state index in [-0.39, 0.29) is 5.75 Å². The van der Waals surface area contributed by atoms with Gasteiger partial charge in [0, 0.05) is 12.3 Å². The lowest BCUT2D eigenvalue weighted by molar-refractivity contribution is -0.151. The van der Waals surface area contributed by atoms with Gasteiger partial charge in [0.25, 0.3) is 5.56 Å². The second-order valence-electron chi connectivity index (χ2n) is 10.2. The molecule has 1 aromatic carbocycles. The van der Waals surface area contributed by atoms with Crippen LogP contribution in [0, 0.1) is 5.92 Å². The first-order valence-corrected chi connectivity index (χ1v) is 14.0. The van der Waals surface area contributed by atoms with Gasteiger partial charge in [-0.2, -0.15) is 0 Å². The van der Waals surface area contributed by atoms with E-state index in [1.807, 2.05) is 4.98 Å². The van der Waals surface area contributed by atoms with Crippen molar-refractivity contribution in [3.8, 4) is 5.75 Å². The smallest absolute Gasteiger partial charge is 0.380 e. The van der Waals surface area contributed by atoms with Gasteiger partial charge in [-0.25, -0.2) is 18.1 Å². The number of aromatic nitrogens is 2. The van der Waals surface area contributed by atoms with E-state index in [1.54, 1.807) is 32.0 Å². The summed E-state index contributed by atoms with van der Waals surface area (Å²) in [6.45, 7) is 5.65. The molecule has 3 rings (SSSR count). The minimum Gasteiger partial charge on any atom is -0.463 e. The van der Waals surface area contributed by atoms with E-state index in [9.17, 15) is 28.4 Å². The quantitative estimate of drug-likeness (QED) is 0.305. The molecule has 0 radical (unpaired) electrons. The average Bonchev–Trinajstić information content (AvgIpc) is 3.10. The number of para-hydroxylation sites is 1. The Bertz CT molecular complexity index is 1320. The highest BCUT2D eigenvalue weighted by atomic mass is 31.2. The molecule has 6 atom stereocenters. The molecule has 1 fully saturated rings. The van der Waals surface area contributed by atoms with Crippen molar-refractivity contribution in [2.24, 2.45) is 5.92 Å². The molecule has 0 spiro atoms. The maximum Gasteiger partial charge on any atom is 0.380 e. The lowest BCUT2D eigenvalue weighted by atomic mass is 9.89. The maximum absolute atomic E-state index is 15.8. The molecule has 216 valence electrons. The van der Waals surface area contributed by atoms with E-state index >= 15 is 4.39 Å². The normalized spacial score (nSPS) is 25.7. The molecule has 2 N–H and O–H groups in total. The summed E-state index contributed by atoms with van der Waals surface area (Å²) < 4.78 is 67.0. The molecular formula is C25H33F2N2O9P. The van der Waals surface area contributed by atoms with Crippen molar-refractivity contribution in [2.45, 2.75) is 70.4 Å².